The number of rotatable bonds is 5. The molecule has 372 valence electrons. The zero-order valence-corrected chi connectivity index (χ0v) is 43.1. The van der Waals surface area contributed by atoms with E-state index in [4.69, 9.17) is 4.74 Å². The first-order chi connectivity index (χ1) is 36.7. The molecule has 13 atom stereocenters. The molecule has 0 N–H and O–H groups in total. The summed E-state index contributed by atoms with van der Waals surface area (Å²) in [4.78, 5) is 8.57. The Kier molecular flexibility index (Phi) is 9.79. The summed E-state index contributed by atoms with van der Waals surface area (Å²) >= 11 is 0. The molecule has 13 aliphatic carbocycles. The van der Waals surface area contributed by atoms with Gasteiger partial charge in [0.1, 0.15) is 11.9 Å². The molecule has 2 fully saturated rings. The molecule has 0 aromatic heterocycles. The Balaban J connectivity index is 0.670. The first-order valence-electron chi connectivity index (χ1n) is 29.7. The Morgan fingerprint density at radius 1 is 0.581 bits per heavy atom. The lowest BCUT2D eigenvalue weighted by molar-refractivity contribution is 0.178. The largest absolute Gasteiger partial charge is 0.488 e. The minimum atomic E-state index is 0.154. The van der Waals surface area contributed by atoms with Gasteiger partial charge in [-0.2, -0.15) is 0 Å². The standard InChI is InChI=1S/C70H71N3O/c1-2-14-46(15-3-1)71-66-40-44(42-30-35-63-58(38-42)49-18-6-9-24-60(49)72(63)62-37-34-55-48-17-5-4-16-47(48)54-21-12-23-57(62)69(54)55)28-32-51(66)52-33-29-45(41-67(52)71)43-31-36-64-59(39-43)50-19-7-10-25-61(50)73(64)65-26-13-22-56-53-20-8-11-27-68(53)74-70(56)65/h1-2,4,6-8,10-14,16,18,20,23,25-27,32,34,37-39,41,44,50,52-56,58,63,66-69H,3,5,9,15,17,19,21-22,24,28-31,33,35-36,40H2. The van der Waals surface area contributed by atoms with Gasteiger partial charge < -0.3 is 19.4 Å². The fourth-order valence-corrected chi connectivity index (χ4v) is 18.6. The van der Waals surface area contributed by atoms with Crippen LogP contribution in [0.3, 0.4) is 0 Å². The monoisotopic (exact) mass is 970 g/mol. The fraction of sp³-hybridized carbons (Fsp3) is 0.429. The van der Waals surface area contributed by atoms with Gasteiger partial charge in [-0.1, -0.05) is 127 Å². The third-order valence-electron chi connectivity index (χ3n) is 21.7. The smallest absolute Gasteiger partial charge is 0.125 e. The number of hydrogen-bond donors (Lipinski definition) is 0. The van der Waals surface area contributed by atoms with Crippen LogP contribution in [0.5, 0.6) is 0 Å². The van der Waals surface area contributed by atoms with Crippen molar-refractivity contribution in [2.75, 3.05) is 0 Å². The minimum Gasteiger partial charge on any atom is -0.488 e. The fourth-order valence-electron chi connectivity index (χ4n) is 18.6. The Labute approximate surface area is 439 Å². The molecule has 0 saturated carbocycles. The average Bonchev–Trinajstić information content (AvgIpc) is 4.27. The van der Waals surface area contributed by atoms with Crippen LogP contribution in [0.15, 0.2) is 236 Å². The van der Waals surface area contributed by atoms with Crippen molar-refractivity contribution in [2.24, 2.45) is 53.3 Å². The van der Waals surface area contributed by atoms with Crippen molar-refractivity contribution >= 4 is 0 Å². The van der Waals surface area contributed by atoms with E-state index in [1.165, 1.54) is 87.1 Å². The van der Waals surface area contributed by atoms with Crippen molar-refractivity contribution in [1.82, 2.24) is 14.7 Å². The quantitative estimate of drug-likeness (QED) is 0.256. The minimum absolute atomic E-state index is 0.154. The second-order valence-electron chi connectivity index (χ2n) is 24.9. The van der Waals surface area contributed by atoms with Crippen molar-refractivity contribution in [1.29, 1.82) is 0 Å². The second-order valence-corrected chi connectivity index (χ2v) is 24.9. The van der Waals surface area contributed by atoms with Gasteiger partial charge in [-0.05, 0) is 190 Å². The lowest BCUT2D eigenvalue weighted by Gasteiger charge is -2.42. The van der Waals surface area contributed by atoms with E-state index in [1.54, 1.807) is 67.2 Å². The van der Waals surface area contributed by atoms with E-state index < -0.39 is 0 Å². The van der Waals surface area contributed by atoms with E-state index in [1.807, 2.05) is 0 Å². The summed E-state index contributed by atoms with van der Waals surface area (Å²) in [5, 5.41) is 0. The molecule has 17 aliphatic rings. The normalized spacial score (nSPS) is 39.1. The Hall–Kier alpha value is -6.00. The predicted molar refractivity (Wildman–Crippen MR) is 298 cm³/mol. The number of ether oxygens (including phenoxy) is 1. The number of hydrogen-bond acceptors (Lipinski definition) is 4. The van der Waals surface area contributed by atoms with E-state index in [2.05, 4.69) is 161 Å². The third kappa shape index (κ3) is 6.26. The van der Waals surface area contributed by atoms with E-state index >= 15 is 0 Å². The van der Waals surface area contributed by atoms with Crippen LogP contribution in [-0.2, 0) is 4.74 Å². The molecule has 0 aromatic carbocycles. The van der Waals surface area contributed by atoms with Crippen LogP contribution < -0.4 is 0 Å². The Bertz CT molecular complexity index is 3230. The van der Waals surface area contributed by atoms with Crippen LogP contribution >= 0.6 is 0 Å². The molecule has 4 aliphatic heterocycles. The first kappa shape index (κ1) is 43.3. The van der Waals surface area contributed by atoms with Crippen LogP contribution in [0.2, 0.25) is 0 Å². The lowest BCUT2D eigenvalue weighted by Crippen LogP contribution is -2.40. The van der Waals surface area contributed by atoms with E-state index in [0.717, 1.165) is 44.9 Å². The third-order valence-corrected chi connectivity index (χ3v) is 21.7. The first-order valence-corrected chi connectivity index (χ1v) is 29.7. The van der Waals surface area contributed by atoms with Crippen LogP contribution in [-0.4, -0.2) is 38.9 Å². The highest BCUT2D eigenvalue weighted by molar-refractivity contribution is 5.58. The van der Waals surface area contributed by atoms with Crippen molar-refractivity contribution in [3.05, 3.63) is 236 Å². The maximum atomic E-state index is 6.87. The van der Waals surface area contributed by atoms with Crippen molar-refractivity contribution in [3.63, 3.8) is 0 Å². The molecular weight excluding hydrogens is 899 g/mol. The van der Waals surface area contributed by atoms with Crippen LogP contribution in [0.1, 0.15) is 109 Å². The average molecular weight is 970 g/mol. The summed E-state index contributed by atoms with van der Waals surface area (Å²) in [5.41, 5.74) is 24.1. The molecule has 0 aromatic rings. The molecule has 2 saturated heterocycles. The van der Waals surface area contributed by atoms with Gasteiger partial charge in [-0.3, -0.25) is 0 Å². The van der Waals surface area contributed by atoms with Crippen LogP contribution in [0.4, 0.5) is 0 Å². The molecule has 13 unspecified atom stereocenters. The van der Waals surface area contributed by atoms with E-state index in [9.17, 15) is 0 Å². The maximum absolute atomic E-state index is 6.87. The summed E-state index contributed by atoms with van der Waals surface area (Å²) in [5.74, 6) is 6.06. The van der Waals surface area contributed by atoms with Gasteiger partial charge in [0.15, 0.2) is 0 Å². The van der Waals surface area contributed by atoms with Crippen molar-refractivity contribution in [2.45, 2.75) is 133 Å². The van der Waals surface area contributed by atoms with Gasteiger partial charge in [0.05, 0.1) is 17.8 Å². The maximum Gasteiger partial charge on any atom is 0.125 e. The highest BCUT2D eigenvalue weighted by Gasteiger charge is 2.52. The van der Waals surface area contributed by atoms with E-state index in [-0.39, 0.29) is 6.10 Å². The van der Waals surface area contributed by atoms with Crippen LogP contribution in [0, 0.1) is 53.3 Å². The summed E-state index contributed by atoms with van der Waals surface area (Å²) in [6.07, 6.45) is 80.0. The molecule has 4 nitrogen and oxygen atoms in total. The second kappa shape index (κ2) is 16.8. The molecule has 74 heavy (non-hydrogen) atoms. The SMILES string of the molecule is C1=CCCC(N2C3CC(C4=CC5C6=C(CCC=C6)N(C6=C7C=CCC8C9=C(CCC=C9)C(C=C6)C78)C5CC4)CC=C3C3CCC(C4=CC5=C(CC4)N(C4=C6OC7C=CC=CC7C6CC=C4)C4=CC=CCC45)=CC32)=C1. The number of allylic oxidation sites excluding steroid dienone is 31. The van der Waals surface area contributed by atoms with Gasteiger partial charge >= 0.3 is 0 Å². The van der Waals surface area contributed by atoms with Gasteiger partial charge in [-0.25, -0.2) is 0 Å². The zero-order chi connectivity index (χ0) is 48.2. The van der Waals surface area contributed by atoms with Crippen LogP contribution in [0.25, 0.3) is 0 Å². The van der Waals surface area contributed by atoms with Gasteiger partial charge in [-0.15, -0.1) is 0 Å². The van der Waals surface area contributed by atoms with Gasteiger partial charge in [0.25, 0.3) is 0 Å². The molecule has 0 bridgehead atoms. The zero-order valence-electron chi connectivity index (χ0n) is 43.1. The van der Waals surface area contributed by atoms with Gasteiger partial charge in [0, 0.05) is 76.0 Å². The van der Waals surface area contributed by atoms with Crippen molar-refractivity contribution < 1.29 is 4.74 Å². The highest BCUT2D eigenvalue weighted by atomic mass is 16.5. The highest BCUT2D eigenvalue weighted by Crippen LogP contribution is 2.60. The number of fused-ring (bicyclic) bond motifs is 12. The van der Waals surface area contributed by atoms with Crippen molar-refractivity contribution in [3.8, 4) is 0 Å². The lowest BCUT2D eigenvalue weighted by atomic mass is 9.71. The summed E-state index contributed by atoms with van der Waals surface area (Å²) < 4.78 is 6.87. The van der Waals surface area contributed by atoms with Gasteiger partial charge in [0.2, 0.25) is 0 Å². The Morgan fingerprint density at radius 2 is 1.46 bits per heavy atom. The molecule has 0 amide bonds. The molecular formula is C70H71N3O. The Morgan fingerprint density at radius 3 is 2.42 bits per heavy atom. The van der Waals surface area contributed by atoms with E-state index in [0.29, 0.717) is 71.4 Å². The number of likely N-dealkylation sites (tertiary alicyclic amines) is 1. The molecule has 0 radical (unpaired) electrons. The molecule has 17 rings (SSSR count). The molecule has 4 heteroatoms. The number of nitrogens with zero attached hydrogens (tertiary/aromatic N) is 3. The summed E-state index contributed by atoms with van der Waals surface area (Å²) in [6, 6.07) is 1.46. The summed E-state index contributed by atoms with van der Waals surface area (Å²) in [6.45, 7) is 0. The molecule has 4 heterocycles. The molecule has 0 spiro atoms. The summed E-state index contributed by atoms with van der Waals surface area (Å²) in [7, 11) is 0. The predicted octanol–water partition coefficient (Wildman–Crippen LogP) is 15.5. The topological polar surface area (TPSA) is 19.0 Å².